The quantitative estimate of drug-likeness (QED) is 0.607. The van der Waals surface area contributed by atoms with Gasteiger partial charge in [0.2, 0.25) is 0 Å². The Morgan fingerprint density at radius 2 is 1.97 bits per heavy atom. The van der Waals surface area contributed by atoms with E-state index in [9.17, 15) is 5.11 Å². The average molecular weight is 459 g/mol. The molecular weight excluding hydrogens is 428 g/mol. The number of ether oxygens (including phenoxy) is 1. The minimum absolute atomic E-state index is 0.761. The third-order valence-electron chi connectivity index (χ3n) is 6.61. The number of methoxy groups -OCH3 is 1. The van der Waals surface area contributed by atoms with Crippen LogP contribution >= 0.6 is 0 Å². The van der Waals surface area contributed by atoms with Crippen LogP contribution in [0.4, 0.5) is 0 Å². The highest BCUT2D eigenvalue weighted by molar-refractivity contribution is 6.03. The summed E-state index contributed by atoms with van der Waals surface area (Å²) in [6.07, 6.45) is 6.95. The minimum Gasteiger partial charge on any atom is -0.495 e. The molecule has 34 heavy (non-hydrogen) atoms. The van der Waals surface area contributed by atoms with E-state index >= 15 is 0 Å². The van der Waals surface area contributed by atoms with Crippen molar-refractivity contribution in [2.24, 2.45) is 5.16 Å². The first-order valence-electron chi connectivity index (χ1n) is 11.6. The molecule has 0 aliphatic carbocycles. The van der Waals surface area contributed by atoms with E-state index in [0.29, 0.717) is 0 Å². The monoisotopic (exact) mass is 458 g/mol. The smallest absolute Gasteiger partial charge is 0.262 e. The molecule has 2 unspecified atom stereocenters. The Balaban J connectivity index is 1.49. The summed E-state index contributed by atoms with van der Waals surface area (Å²) in [7, 11) is 1.68. The number of hydrogen-bond acceptors (Lipinski definition) is 6. The maximum atomic E-state index is 10.9. The number of aromatic nitrogens is 2. The van der Waals surface area contributed by atoms with Crippen molar-refractivity contribution in [2.45, 2.75) is 45.4 Å². The first kappa shape index (κ1) is 22.2. The molecule has 0 saturated carbocycles. The Labute approximate surface area is 199 Å². The fourth-order valence-corrected chi connectivity index (χ4v) is 4.84. The lowest BCUT2D eigenvalue weighted by Crippen LogP contribution is -2.54. The van der Waals surface area contributed by atoms with Gasteiger partial charge in [-0.15, -0.1) is 0 Å². The van der Waals surface area contributed by atoms with Gasteiger partial charge in [-0.2, -0.15) is 0 Å². The van der Waals surface area contributed by atoms with Crippen molar-refractivity contribution >= 4 is 11.9 Å². The molecule has 1 aromatic heterocycles. The van der Waals surface area contributed by atoms with Crippen molar-refractivity contribution in [1.82, 2.24) is 14.5 Å². The molecule has 1 N–H and O–H groups in total. The molecule has 2 atom stereocenters. The molecule has 2 aliphatic heterocycles. The summed E-state index contributed by atoms with van der Waals surface area (Å²) in [6, 6.07) is 14.2. The number of oxime groups is 1. The standard InChI is InChI=1S/C27H30N4O3/c1-18-7-10-23(11-8-18)27(20(3)32)31-13-5-6-22(26(31)29-34-27)14-21-9-12-24(25(15-21)33-4)30-16-19(2)28-17-30/h7-12,14-17,20,32H,5-6,13H2,1-4H3. The molecule has 7 nitrogen and oxygen atoms in total. The molecule has 5 rings (SSSR count). The molecule has 3 heterocycles. The van der Waals surface area contributed by atoms with Gasteiger partial charge in [0.1, 0.15) is 11.9 Å². The van der Waals surface area contributed by atoms with Crippen LogP contribution in [-0.4, -0.2) is 45.2 Å². The van der Waals surface area contributed by atoms with Crippen molar-refractivity contribution in [3.63, 3.8) is 0 Å². The minimum atomic E-state index is -1.02. The topological polar surface area (TPSA) is 72.1 Å². The van der Waals surface area contributed by atoms with Crippen molar-refractivity contribution in [3.8, 4) is 11.4 Å². The van der Waals surface area contributed by atoms with Crippen molar-refractivity contribution in [3.05, 3.63) is 82.9 Å². The summed E-state index contributed by atoms with van der Waals surface area (Å²) >= 11 is 0. The molecule has 3 aromatic rings. The zero-order chi connectivity index (χ0) is 23.9. The second-order valence-electron chi connectivity index (χ2n) is 9.02. The van der Waals surface area contributed by atoms with Gasteiger partial charge >= 0.3 is 0 Å². The van der Waals surface area contributed by atoms with Crippen LogP contribution < -0.4 is 4.74 Å². The molecule has 2 aliphatic rings. The third kappa shape index (κ3) is 3.66. The first-order valence-corrected chi connectivity index (χ1v) is 11.6. The Bertz CT molecular complexity index is 1260. The molecular formula is C27H30N4O3. The van der Waals surface area contributed by atoms with Crippen LogP contribution in [-0.2, 0) is 10.6 Å². The second kappa shape index (κ2) is 8.65. The Kier molecular flexibility index (Phi) is 5.65. The Hall–Kier alpha value is -3.58. The molecule has 7 heteroatoms. The van der Waals surface area contributed by atoms with Gasteiger partial charge in [0.25, 0.3) is 5.72 Å². The van der Waals surface area contributed by atoms with Gasteiger partial charge in [-0.05, 0) is 63.0 Å². The predicted molar refractivity (Wildman–Crippen MR) is 132 cm³/mol. The molecule has 0 spiro atoms. The van der Waals surface area contributed by atoms with E-state index in [2.05, 4.69) is 27.2 Å². The van der Waals surface area contributed by atoms with Gasteiger partial charge in [0, 0.05) is 18.3 Å². The van der Waals surface area contributed by atoms with E-state index in [0.717, 1.165) is 64.6 Å². The number of benzene rings is 2. The van der Waals surface area contributed by atoms with Crippen LogP contribution in [0.2, 0.25) is 0 Å². The van der Waals surface area contributed by atoms with E-state index in [1.165, 1.54) is 0 Å². The lowest BCUT2D eigenvalue weighted by molar-refractivity contribution is -0.173. The molecule has 0 amide bonds. The number of aliphatic hydroxyl groups excluding tert-OH is 1. The SMILES string of the molecule is COc1cc(C=C2CCCN3C2=NOC3(c2ccc(C)cc2)C(C)O)ccc1-n1cnc(C)c1. The highest BCUT2D eigenvalue weighted by Crippen LogP contribution is 2.43. The van der Waals surface area contributed by atoms with E-state index in [1.807, 2.05) is 61.0 Å². The van der Waals surface area contributed by atoms with Crippen LogP contribution in [0.1, 0.15) is 42.1 Å². The number of imidazole rings is 1. The molecule has 1 fully saturated rings. The van der Waals surface area contributed by atoms with E-state index < -0.39 is 11.8 Å². The Morgan fingerprint density at radius 1 is 1.18 bits per heavy atom. The van der Waals surface area contributed by atoms with Crippen molar-refractivity contribution in [2.75, 3.05) is 13.7 Å². The summed E-state index contributed by atoms with van der Waals surface area (Å²) in [4.78, 5) is 12.5. The summed E-state index contributed by atoms with van der Waals surface area (Å²) in [6.45, 7) is 6.53. The number of aliphatic hydroxyl groups is 1. The molecule has 2 aromatic carbocycles. The van der Waals surface area contributed by atoms with Gasteiger partial charge in [-0.25, -0.2) is 4.98 Å². The fourth-order valence-electron chi connectivity index (χ4n) is 4.84. The summed E-state index contributed by atoms with van der Waals surface area (Å²) in [5.74, 6) is 1.54. The van der Waals surface area contributed by atoms with Gasteiger partial charge in [0.05, 0.1) is 24.8 Å². The van der Waals surface area contributed by atoms with E-state index in [-0.39, 0.29) is 0 Å². The number of nitrogens with zero attached hydrogens (tertiary/aromatic N) is 4. The maximum Gasteiger partial charge on any atom is 0.262 e. The number of aryl methyl sites for hydroxylation is 2. The number of amidine groups is 1. The first-order chi connectivity index (χ1) is 16.4. The average Bonchev–Trinajstić information content (AvgIpc) is 3.44. The third-order valence-corrected chi connectivity index (χ3v) is 6.61. The van der Waals surface area contributed by atoms with Crippen molar-refractivity contribution in [1.29, 1.82) is 0 Å². The van der Waals surface area contributed by atoms with Gasteiger partial charge in [0.15, 0.2) is 5.84 Å². The molecule has 1 saturated heterocycles. The zero-order valence-corrected chi connectivity index (χ0v) is 20.0. The number of fused-ring (bicyclic) bond motifs is 1. The second-order valence-corrected chi connectivity index (χ2v) is 9.02. The highest BCUT2D eigenvalue weighted by atomic mass is 16.7. The van der Waals surface area contributed by atoms with Crippen molar-refractivity contribution < 1.29 is 14.7 Å². The summed E-state index contributed by atoms with van der Waals surface area (Å²) < 4.78 is 7.64. The fraction of sp³-hybridized carbons (Fsp3) is 0.333. The van der Waals surface area contributed by atoms with Crippen LogP contribution in [0.3, 0.4) is 0 Å². The Morgan fingerprint density at radius 3 is 2.65 bits per heavy atom. The predicted octanol–water partition coefficient (Wildman–Crippen LogP) is 4.55. The molecule has 0 radical (unpaired) electrons. The number of hydrogen-bond donors (Lipinski definition) is 1. The van der Waals surface area contributed by atoms with Crippen LogP contribution in [0.25, 0.3) is 11.8 Å². The maximum absolute atomic E-state index is 10.9. The molecule has 0 bridgehead atoms. The summed E-state index contributed by atoms with van der Waals surface area (Å²) in [5.41, 5.74) is 5.01. The lowest BCUT2D eigenvalue weighted by atomic mass is 9.91. The van der Waals surface area contributed by atoms with Crippen LogP contribution in [0.5, 0.6) is 5.75 Å². The lowest BCUT2D eigenvalue weighted by Gasteiger charge is -2.41. The van der Waals surface area contributed by atoms with E-state index in [4.69, 9.17) is 9.57 Å². The highest BCUT2D eigenvalue weighted by Gasteiger charge is 2.53. The molecule has 176 valence electrons. The van der Waals surface area contributed by atoms with Gasteiger partial charge in [-0.1, -0.05) is 41.1 Å². The van der Waals surface area contributed by atoms with Gasteiger partial charge in [-0.3, -0.25) is 0 Å². The normalized spacial score (nSPS) is 21.7. The van der Waals surface area contributed by atoms with Crippen LogP contribution in [0.15, 0.2) is 65.7 Å². The van der Waals surface area contributed by atoms with Gasteiger partial charge < -0.3 is 24.1 Å². The van der Waals surface area contributed by atoms with E-state index in [1.54, 1.807) is 20.4 Å². The number of rotatable bonds is 5. The zero-order valence-electron chi connectivity index (χ0n) is 20.0. The summed E-state index contributed by atoms with van der Waals surface area (Å²) in [5, 5.41) is 15.4. The largest absolute Gasteiger partial charge is 0.495 e. The van der Waals surface area contributed by atoms with Crippen LogP contribution in [0, 0.1) is 13.8 Å². The number of piperidine rings is 1.